The van der Waals surface area contributed by atoms with E-state index < -0.39 is 0 Å². The average molecular weight is 249 g/mol. The number of allylic oxidation sites excluding steroid dienone is 1. The Balaban J connectivity index is 1.87. The zero-order valence-electron chi connectivity index (χ0n) is 10.0. The molecule has 3 heteroatoms. The molecule has 2 nitrogen and oxygen atoms in total. The van der Waals surface area contributed by atoms with E-state index in [1.54, 1.807) is 0 Å². The zero-order chi connectivity index (χ0) is 11.8. The largest absolute Gasteiger partial charge is 0.310 e. The van der Waals surface area contributed by atoms with E-state index in [4.69, 9.17) is 11.6 Å². The minimum atomic E-state index is 0.578. The molecule has 2 aliphatic rings. The summed E-state index contributed by atoms with van der Waals surface area (Å²) in [6.45, 7) is 3.17. The first-order valence-electron chi connectivity index (χ1n) is 6.30. The van der Waals surface area contributed by atoms with Crippen molar-refractivity contribution in [1.82, 2.24) is 10.3 Å². The minimum absolute atomic E-state index is 0.578. The van der Waals surface area contributed by atoms with E-state index in [1.807, 2.05) is 13.1 Å². The summed E-state index contributed by atoms with van der Waals surface area (Å²) in [4.78, 5) is 4.24. The summed E-state index contributed by atoms with van der Waals surface area (Å²) in [6.07, 6.45) is 8.12. The van der Waals surface area contributed by atoms with Crippen molar-refractivity contribution in [3.05, 3.63) is 34.6 Å². The van der Waals surface area contributed by atoms with Crippen LogP contribution in [0, 0.1) is 12.8 Å². The van der Waals surface area contributed by atoms with Gasteiger partial charge in [-0.1, -0.05) is 17.7 Å². The number of aromatic nitrogens is 1. The molecule has 0 bridgehead atoms. The Morgan fingerprint density at radius 1 is 1.47 bits per heavy atom. The second-order valence-corrected chi connectivity index (χ2v) is 5.47. The molecule has 0 unspecified atom stereocenters. The number of pyridine rings is 1. The van der Waals surface area contributed by atoms with Crippen LogP contribution in [0.5, 0.6) is 0 Å². The lowest BCUT2D eigenvalue weighted by Crippen LogP contribution is -2.37. The molecule has 2 atom stereocenters. The van der Waals surface area contributed by atoms with Crippen LogP contribution in [0.1, 0.15) is 30.4 Å². The molecule has 17 heavy (non-hydrogen) atoms. The summed E-state index contributed by atoms with van der Waals surface area (Å²) in [5.41, 5.74) is 3.73. The van der Waals surface area contributed by atoms with E-state index in [1.165, 1.54) is 30.4 Å². The van der Waals surface area contributed by atoms with Gasteiger partial charge in [-0.2, -0.15) is 0 Å². The molecular weight excluding hydrogens is 232 g/mol. The fourth-order valence-corrected chi connectivity index (χ4v) is 3.02. The van der Waals surface area contributed by atoms with Gasteiger partial charge in [0.15, 0.2) is 0 Å². The van der Waals surface area contributed by atoms with Crippen molar-refractivity contribution in [2.45, 2.75) is 32.2 Å². The molecule has 1 aromatic heterocycles. The molecule has 1 aliphatic heterocycles. The highest BCUT2D eigenvalue weighted by atomic mass is 35.5. The highest BCUT2D eigenvalue weighted by Crippen LogP contribution is 2.36. The molecule has 0 spiro atoms. The Bertz CT molecular complexity index is 467. The highest BCUT2D eigenvalue weighted by Gasteiger charge is 2.29. The van der Waals surface area contributed by atoms with Crippen LogP contribution in [0.4, 0.5) is 0 Å². The van der Waals surface area contributed by atoms with Crippen LogP contribution in [0.25, 0.3) is 5.57 Å². The first kappa shape index (κ1) is 11.2. The van der Waals surface area contributed by atoms with Crippen LogP contribution >= 0.6 is 11.6 Å². The Morgan fingerprint density at radius 2 is 2.35 bits per heavy atom. The van der Waals surface area contributed by atoms with Crippen molar-refractivity contribution in [1.29, 1.82) is 0 Å². The predicted molar refractivity (Wildman–Crippen MR) is 71.1 cm³/mol. The van der Waals surface area contributed by atoms with Crippen LogP contribution < -0.4 is 5.32 Å². The lowest BCUT2D eigenvalue weighted by Gasteiger charge is -2.25. The van der Waals surface area contributed by atoms with Crippen molar-refractivity contribution in [2.75, 3.05) is 6.54 Å². The summed E-state index contributed by atoms with van der Waals surface area (Å²) < 4.78 is 0. The van der Waals surface area contributed by atoms with E-state index in [0.29, 0.717) is 11.2 Å². The monoisotopic (exact) mass is 248 g/mol. The van der Waals surface area contributed by atoms with E-state index in [0.717, 1.165) is 18.0 Å². The molecular formula is C14H17ClN2. The topological polar surface area (TPSA) is 24.9 Å². The summed E-state index contributed by atoms with van der Waals surface area (Å²) in [5, 5.41) is 4.20. The van der Waals surface area contributed by atoms with Crippen molar-refractivity contribution in [3.63, 3.8) is 0 Å². The van der Waals surface area contributed by atoms with Gasteiger partial charge in [0.25, 0.3) is 0 Å². The van der Waals surface area contributed by atoms with Crippen molar-refractivity contribution in [2.24, 2.45) is 5.92 Å². The van der Waals surface area contributed by atoms with Crippen molar-refractivity contribution >= 4 is 17.2 Å². The number of aryl methyl sites for hydroxylation is 1. The summed E-state index contributed by atoms with van der Waals surface area (Å²) in [7, 11) is 0. The average Bonchev–Trinajstić information content (AvgIpc) is 2.76. The number of nitrogens with one attached hydrogen (secondary N) is 1. The molecule has 2 heterocycles. The molecule has 1 fully saturated rings. The Morgan fingerprint density at radius 3 is 3.12 bits per heavy atom. The maximum absolute atomic E-state index is 5.97. The molecule has 1 aromatic rings. The van der Waals surface area contributed by atoms with Gasteiger partial charge < -0.3 is 5.32 Å². The van der Waals surface area contributed by atoms with Gasteiger partial charge in [0.1, 0.15) is 5.15 Å². The van der Waals surface area contributed by atoms with Crippen molar-refractivity contribution < 1.29 is 0 Å². The highest BCUT2D eigenvalue weighted by molar-refractivity contribution is 6.30. The third-order valence-electron chi connectivity index (χ3n) is 3.89. The van der Waals surface area contributed by atoms with Crippen LogP contribution in [0.15, 0.2) is 18.3 Å². The zero-order valence-corrected chi connectivity index (χ0v) is 10.8. The molecule has 1 saturated heterocycles. The molecule has 1 N–H and O–H groups in total. The van der Waals surface area contributed by atoms with Gasteiger partial charge in [-0.25, -0.2) is 4.98 Å². The first-order valence-corrected chi connectivity index (χ1v) is 6.68. The number of nitrogens with zero attached hydrogens (tertiary/aromatic N) is 1. The third kappa shape index (κ3) is 2.12. The lowest BCUT2D eigenvalue weighted by molar-refractivity contribution is 0.341. The summed E-state index contributed by atoms with van der Waals surface area (Å²) in [5.74, 6) is 0.787. The normalized spacial score (nSPS) is 27.8. The maximum atomic E-state index is 5.97. The van der Waals surface area contributed by atoms with Gasteiger partial charge >= 0.3 is 0 Å². The predicted octanol–water partition coefficient (Wildman–Crippen LogP) is 3.20. The fourth-order valence-electron chi connectivity index (χ4n) is 2.92. The molecule has 0 aromatic carbocycles. The van der Waals surface area contributed by atoms with E-state index in [2.05, 4.69) is 22.4 Å². The molecule has 90 valence electrons. The number of fused-ring (bicyclic) bond motifs is 1. The van der Waals surface area contributed by atoms with Gasteiger partial charge in [-0.15, -0.1) is 0 Å². The van der Waals surface area contributed by atoms with E-state index >= 15 is 0 Å². The summed E-state index contributed by atoms with van der Waals surface area (Å²) >= 11 is 5.97. The second-order valence-electron chi connectivity index (χ2n) is 5.11. The standard InChI is InChI=1S/C14H17ClN2/c1-9-5-12(8-17-14(9)15)11-6-10-3-2-4-16-13(10)7-11/h5,7-8,10,13,16H,2-4,6H2,1H3/t10-,13+/m0/s1. The van der Waals surface area contributed by atoms with Gasteiger partial charge in [-0.3, -0.25) is 0 Å². The van der Waals surface area contributed by atoms with E-state index in [-0.39, 0.29) is 0 Å². The molecule has 0 saturated carbocycles. The molecule has 1 aliphatic carbocycles. The number of rotatable bonds is 1. The van der Waals surface area contributed by atoms with Crippen molar-refractivity contribution in [3.8, 4) is 0 Å². The van der Waals surface area contributed by atoms with Gasteiger partial charge in [0, 0.05) is 12.2 Å². The van der Waals surface area contributed by atoms with Crippen LogP contribution in [0.3, 0.4) is 0 Å². The number of halogens is 1. The Labute approximate surface area is 107 Å². The Kier molecular flexibility index (Phi) is 2.93. The van der Waals surface area contributed by atoms with E-state index in [9.17, 15) is 0 Å². The fraction of sp³-hybridized carbons (Fsp3) is 0.500. The van der Waals surface area contributed by atoms with Gasteiger partial charge in [-0.05, 0) is 61.4 Å². The molecule has 0 radical (unpaired) electrons. The maximum Gasteiger partial charge on any atom is 0.131 e. The van der Waals surface area contributed by atoms with Gasteiger partial charge in [0.2, 0.25) is 0 Å². The SMILES string of the molecule is Cc1cc(C2=C[C@H]3NCCC[C@H]3C2)cnc1Cl. The lowest BCUT2D eigenvalue weighted by atomic mass is 9.92. The number of piperidine rings is 1. The molecule has 0 amide bonds. The summed E-state index contributed by atoms with van der Waals surface area (Å²) in [6, 6.07) is 2.73. The Hall–Kier alpha value is -0.860. The van der Waals surface area contributed by atoms with Gasteiger partial charge in [0.05, 0.1) is 0 Å². The van der Waals surface area contributed by atoms with Crippen LogP contribution in [0.2, 0.25) is 5.15 Å². The van der Waals surface area contributed by atoms with Crippen LogP contribution in [-0.2, 0) is 0 Å². The molecule has 3 rings (SSSR count). The second kappa shape index (κ2) is 4.43. The number of hydrogen-bond donors (Lipinski definition) is 1. The minimum Gasteiger partial charge on any atom is -0.310 e. The first-order chi connectivity index (χ1) is 8.24. The smallest absolute Gasteiger partial charge is 0.131 e. The number of hydrogen-bond acceptors (Lipinski definition) is 2. The van der Waals surface area contributed by atoms with Crippen LogP contribution in [-0.4, -0.2) is 17.6 Å². The quantitative estimate of drug-likeness (QED) is 0.772. The third-order valence-corrected chi connectivity index (χ3v) is 4.28.